The molecule has 1 atom stereocenters. The number of anilines is 1. The maximum absolute atomic E-state index is 12.0. The molecular formula is C13H14BrNO4. The van der Waals surface area contributed by atoms with Crippen LogP contribution in [0.25, 0.3) is 0 Å². The third kappa shape index (κ3) is 2.79. The number of rotatable bonds is 3. The fourth-order valence-electron chi connectivity index (χ4n) is 2.15. The largest absolute Gasteiger partial charge is 0.465 e. The lowest BCUT2D eigenvalue weighted by Crippen LogP contribution is -2.27. The second-order valence-corrected chi connectivity index (χ2v) is 5.33. The molecule has 0 aliphatic carbocycles. The van der Waals surface area contributed by atoms with Crippen LogP contribution >= 0.6 is 15.9 Å². The van der Waals surface area contributed by atoms with Gasteiger partial charge in [-0.1, -0.05) is 15.9 Å². The summed E-state index contributed by atoms with van der Waals surface area (Å²) in [7, 11) is 1.30. The molecule has 6 heteroatoms. The number of carbonyl (C=O) groups is 2. The molecule has 1 aromatic rings. The number of carbonyl (C=O) groups excluding carboxylic acids is 2. The second kappa shape index (κ2) is 5.71. The van der Waals surface area contributed by atoms with E-state index < -0.39 is 5.97 Å². The molecule has 1 aromatic carbocycles. The fraction of sp³-hybridized carbons (Fsp3) is 0.385. The van der Waals surface area contributed by atoms with Gasteiger partial charge in [-0.15, -0.1) is 0 Å². The molecule has 2 rings (SSSR count). The van der Waals surface area contributed by atoms with Gasteiger partial charge in [-0.05, 0) is 18.2 Å². The lowest BCUT2D eigenvalue weighted by atomic mass is 10.1. The molecule has 1 aliphatic heterocycles. The fourth-order valence-corrected chi connectivity index (χ4v) is 2.50. The summed E-state index contributed by atoms with van der Waals surface area (Å²) < 4.78 is 5.50. The first-order valence-electron chi connectivity index (χ1n) is 5.86. The van der Waals surface area contributed by atoms with Gasteiger partial charge in [0.15, 0.2) is 0 Å². The molecule has 0 radical (unpaired) electrons. The van der Waals surface area contributed by atoms with Gasteiger partial charge in [-0.25, -0.2) is 4.79 Å². The Bertz CT molecular complexity index is 517. The average molecular weight is 328 g/mol. The van der Waals surface area contributed by atoms with Crippen molar-refractivity contribution < 1.29 is 19.4 Å². The van der Waals surface area contributed by atoms with E-state index in [-0.39, 0.29) is 18.4 Å². The van der Waals surface area contributed by atoms with Crippen molar-refractivity contribution in [2.45, 2.75) is 6.42 Å². The normalized spacial score (nSPS) is 18.8. The van der Waals surface area contributed by atoms with Crippen LogP contribution in [0.5, 0.6) is 0 Å². The van der Waals surface area contributed by atoms with Crippen molar-refractivity contribution in [1.82, 2.24) is 0 Å². The number of esters is 1. The first kappa shape index (κ1) is 14.0. The van der Waals surface area contributed by atoms with Crippen LogP contribution in [-0.4, -0.2) is 37.2 Å². The van der Waals surface area contributed by atoms with Crippen LogP contribution in [0.1, 0.15) is 16.8 Å². The predicted octanol–water partition coefficient (Wildman–Crippen LogP) is 1.58. The Morgan fingerprint density at radius 2 is 2.32 bits per heavy atom. The summed E-state index contributed by atoms with van der Waals surface area (Å²) in [5, 5.41) is 9.15. The third-order valence-electron chi connectivity index (χ3n) is 3.12. The summed E-state index contributed by atoms with van der Waals surface area (Å²) in [4.78, 5) is 25.2. The predicted molar refractivity (Wildman–Crippen MR) is 73.0 cm³/mol. The van der Waals surface area contributed by atoms with Crippen molar-refractivity contribution >= 4 is 33.5 Å². The third-order valence-corrected chi connectivity index (χ3v) is 3.61. The van der Waals surface area contributed by atoms with Crippen LogP contribution in [0.15, 0.2) is 22.7 Å². The summed E-state index contributed by atoms with van der Waals surface area (Å²) in [6, 6.07) is 5.05. The van der Waals surface area contributed by atoms with E-state index in [0.29, 0.717) is 24.2 Å². The molecular weight excluding hydrogens is 314 g/mol. The minimum atomic E-state index is -0.484. The van der Waals surface area contributed by atoms with E-state index >= 15 is 0 Å². The number of methoxy groups -OCH3 is 1. The molecule has 1 heterocycles. The van der Waals surface area contributed by atoms with Crippen molar-refractivity contribution in [2.24, 2.45) is 5.92 Å². The monoisotopic (exact) mass is 327 g/mol. The number of aliphatic hydroxyl groups excluding tert-OH is 1. The van der Waals surface area contributed by atoms with Crippen molar-refractivity contribution in [3.63, 3.8) is 0 Å². The zero-order valence-corrected chi connectivity index (χ0v) is 12.0. The van der Waals surface area contributed by atoms with Crippen LogP contribution < -0.4 is 4.90 Å². The van der Waals surface area contributed by atoms with Crippen LogP contribution in [-0.2, 0) is 9.53 Å². The zero-order chi connectivity index (χ0) is 14.0. The molecule has 1 saturated heterocycles. The van der Waals surface area contributed by atoms with Gasteiger partial charge < -0.3 is 14.7 Å². The molecule has 0 spiro atoms. The smallest absolute Gasteiger partial charge is 0.339 e. The van der Waals surface area contributed by atoms with Gasteiger partial charge in [0.1, 0.15) is 0 Å². The summed E-state index contributed by atoms with van der Waals surface area (Å²) in [6.07, 6.45) is 0.295. The van der Waals surface area contributed by atoms with E-state index in [4.69, 9.17) is 9.84 Å². The Labute approximate surface area is 119 Å². The number of benzene rings is 1. The van der Waals surface area contributed by atoms with Crippen LogP contribution in [0.3, 0.4) is 0 Å². The molecule has 19 heavy (non-hydrogen) atoms. The Morgan fingerprint density at radius 3 is 2.89 bits per heavy atom. The molecule has 5 nitrogen and oxygen atoms in total. The molecule has 1 aliphatic rings. The lowest BCUT2D eigenvalue weighted by molar-refractivity contribution is -0.117. The van der Waals surface area contributed by atoms with Gasteiger partial charge in [0, 0.05) is 30.0 Å². The maximum Gasteiger partial charge on any atom is 0.339 e. The van der Waals surface area contributed by atoms with Gasteiger partial charge >= 0.3 is 5.97 Å². The SMILES string of the molecule is COC(=O)c1ccc(Br)cc1N1CC(CO)CC1=O. The molecule has 1 fully saturated rings. The highest BCUT2D eigenvalue weighted by Crippen LogP contribution is 2.31. The molecule has 1 amide bonds. The van der Waals surface area contributed by atoms with Crippen LogP contribution in [0.4, 0.5) is 5.69 Å². The second-order valence-electron chi connectivity index (χ2n) is 4.41. The first-order valence-corrected chi connectivity index (χ1v) is 6.65. The van der Waals surface area contributed by atoms with E-state index in [2.05, 4.69) is 15.9 Å². The minimum Gasteiger partial charge on any atom is -0.465 e. The molecule has 0 bridgehead atoms. The summed E-state index contributed by atoms with van der Waals surface area (Å²) >= 11 is 3.33. The zero-order valence-electron chi connectivity index (χ0n) is 10.4. The molecule has 1 unspecified atom stereocenters. The Kier molecular flexibility index (Phi) is 4.21. The van der Waals surface area contributed by atoms with Crippen LogP contribution in [0.2, 0.25) is 0 Å². The van der Waals surface area contributed by atoms with Crippen molar-refractivity contribution in [3.8, 4) is 0 Å². The first-order chi connectivity index (χ1) is 9.06. The standard InChI is InChI=1S/C13H14BrNO4/c1-19-13(18)10-3-2-9(14)5-11(10)15-6-8(7-16)4-12(15)17/h2-3,5,8,16H,4,6-7H2,1H3. The number of ether oxygens (including phenoxy) is 1. The quantitative estimate of drug-likeness (QED) is 0.856. The number of halogens is 1. The molecule has 0 saturated carbocycles. The van der Waals surface area contributed by atoms with E-state index in [1.807, 2.05) is 0 Å². The van der Waals surface area contributed by atoms with E-state index in [1.165, 1.54) is 12.0 Å². The number of hydrogen-bond acceptors (Lipinski definition) is 4. The highest BCUT2D eigenvalue weighted by atomic mass is 79.9. The number of aliphatic hydroxyl groups is 1. The highest BCUT2D eigenvalue weighted by Gasteiger charge is 2.32. The van der Waals surface area contributed by atoms with Crippen LogP contribution in [0, 0.1) is 5.92 Å². The van der Waals surface area contributed by atoms with Gasteiger partial charge in [0.2, 0.25) is 5.91 Å². The van der Waals surface area contributed by atoms with Gasteiger partial charge in [0.25, 0.3) is 0 Å². The van der Waals surface area contributed by atoms with Gasteiger partial charge in [-0.3, -0.25) is 4.79 Å². The molecule has 1 N–H and O–H groups in total. The van der Waals surface area contributed by atoms with E-state index in [0.717, 1.165) is 4.47 Å². The number of hydrogen-bond donors (Lipinski definition) is 1. The van der Waals surface area contributed by atoms with E-state index in [9.17, 15) is 9.59 Å². The lowest BCUT2D eigenvalue weighted by Gasteiger charge is -2.19. The minimum absolute atomic E-state index is 0.0379. The number of nitrogens with zero attached hydrogens (tertiary/aromatic N) is 1. The Morgan fingerprint density at radius 1 is 1.58 bits per heavy atom. The molecule has 0 aromatic heterocycles. The maximum atomic E-state index is 12.0. The summed E-state index contributed by atoms with van der Waals surface area (Å²) in [5.41, 5.74) is 0.861. The highest BCUT2D eigenvalue weighted by molar-refractivity contribution is 9.10. The van der Waals surface area contributed by atoms with Crippen molar-refractivity contribution in [1.29, 1.82) is 0 Å². The van der Waals surface area contributed by atoms with Crippen molar-refractivity contribution in [2.75, 3.05) is 25.2 Å². The van der Waals surface area contributed by atoms with Gasteiger partial charge in [0.05, 0.1) is 18.4 Å². The Hall–Kier alpha value is -1.40. The summed E-state index contributed by atoms with van der Waals surface area (Å²) in [6.45, 7) is 0.375. The number of amides is 1. The average Bonchev–Trinajstić information content (AvgIpc) is 2.79. The molecule has 102 valence electrons. The van der Waals surface area contributed by atoms with Gasteiger partial charge in [-0.2, -0.15) is 0 Å². The van der Waals surface area contributed by atoms with E-state index in [1.54, 1.807) is 18.2 Å². The topological polar surface area (TPSA) is 66.8 Å². The summed E-state index contributed by atoms with van der Waals surface area (Å²) in [5.74, 6) is -0.665. The van der Waals surface area contributed by atoms with Crippen molar-refractivity contribution in [3.05, 3.63) is 28.2 Å². The Balaban J connectivity index is 2.41.